The highest BCUT2D eigenvalue weighted by molar-refractivity contribution is 7.13. The highest BCUT2D eigenvalue weighted by Gasteiger charge is 2.24. The predicted molar refractivity (Wildman–Crippen MR) is 95.3 cm³/mol. The van der Waals surface area contributed by atoms with Crippen molar-refractivity contribution in [1.82, 2.24) is 10.3 Å². The van der Waals surface area contributed by atoms with Gasteiger partial charge in [0, 0.05) is 19.1 Å². The van der Waals surface area contributed by atoms with Crippen molar-refractivity contribution in [3.63, 3.8) is 0 Å². The van der Waals surface area contributed by atoms with Crippen LogP contribution in [0, 0.1) is 6.92 Å². The number of nitrogens with one attached hydrogen (secondary N) is 1. The molecular formula is C18H22N2O4S. The Labute approximate surface area is 150 Å². The minimum atomic E-state index is -0.796. The molecular weight excluding hydrogens is 340 g/mol. The van der Waals surface area contributed by atoms with Gasteiger partial charge in [-0.1, -0.05) is 12.1 Å². The molecule has 1 aromatic heterocycles. The van der Waals surface area contributed by atoms with Crippen molar-refractivity contribution >= 4 is 17.2 Å². The fourth-order valence-corrected chi connectivity index (χ4v) is 3.87. The number of aliphatic hydroxyl groups excluding tert-OH is 1. The summed E-state index contributed by atoms with van der Waals surface area (Å²) in [5.41, 5.74) is 1.42. The van der Waals surface area contributed by atoms with E-state index < -0.39 is 6.10 Å². The first kappa shape index (κ1) is 17.8. The summed E-state index contributed by atoms with van der Waals surface area (Å²) in [6.45, 7) is 3.38. The van der Waals surface area contributed by atoms with Crippen LogP contribution < -0.4 is 10.1 Å². The third-order valence-corrected chi connectivity index (χ3v) is 5.55. The number of rotatable bonds is 6. The number of nitrogens with zero attached hydrogens (tertiary/aromatic N) is 1. The topological polar surface area (TPSA) is 80.7 Å². The van der Waals surface area contributed by atoms with Crippen molar-refractivity contribution in [2.45, 2.75) is 25.4 Å². The lowest BCUT2D eigenvalue weighted by Crippen LogP contribution is -2.28. The molecule has 1 aromatic carbocycles. The van der Waals surface area contributed by atoms with Crippen molar-refractivity contribution in [2.24, 2.45) is 0 Å². The van der Waals surface area contributed by atoms with Crippen LogP contribution >= 0.6 is 11.3 Å². The van der Waals surface area contributed by atoms with E-state index in [1.165, 1.54) is 11.3 Å². The van der Waals surface area contributed by atoms with Crippen LogP contribution in [0.4, 0.5) is 0 Å². The molecule has 0 spiro atoms. The predicted octanol–water partition coefficient (Wildman–Crippen LogP) is 2.43. The molecule has 0 radical (unpaired) electrons. The first-order valence-electron chi connectivity index (χ1n) is 8.23. The molecule has 3 rings (SSSR count). The number of aliphatic hydroxyl groups is 1. The van der Waals surface area contributed by atoms with E-state index in [1.54, 1.807) is 19.2 Å². The Kier molecular flexibility index (Phi) is 5.67. The van der Waals surface area contributed by atoms with Crippen LogP contribution in [0.2, 0.25) is 0 Å². The summed E-state index contributed by atoms with van der Waals surface area (Å²) in [7, 11) is 1.58. The average molecular weight is 362 g/mol. The number of hydrogen-bond acceptors (Lipinski definition) is 6. The average Bonchev–Trinajstić information content (AvgIpc) is 3.29. The van der Waals surface area contributed by atoms with Crippen molar-refractivity contribution in [3.05, 3.63) is 45.4 Å². The minimum absolute atomic E-state index is 0.130. The van der Waals surface area contributed by atoms with Crippen molar-refractivity contribution in [1.29, 1.82) is 0 Å². The van der Waals surface area contributed by atoms with Gasteiger partial charge in [0.1, 0.15) is 10.6 Å². The lowest BCUT2D eigenvalue weighted by Gasteiger charge is -2.13. The lowest BCUT2D eigenvalue weighted by molar-refractivity contribution is 0.0919. The molecule has 1 aliphatic rings. The lowest BCUT2D eigenvalue weighted by atomic mass is 10.1. The van der Waals surface area contributed by atoms with Gasteiger partial charge in [0.05, 0.1) is 30.5 Å². The van der Waals surface area contributed by atoms with Gasteiger partial charge in [-0.05, 0) is 31.0 Å². The second kappa shape index (κ2) is 7.95. The summed E-state index contributed by atoms with van der Waals surface area (Å²) >= 11 is 1.41. The number of benzene rings is 1. The van der Waals surface area contributed by atoms with E-state index in [4.69, 9.17) is 9.47 Å². The van der Waals surface area contributed by atoms with Gasteiger partial charge in [0.15, 0.2) is 0 Å². The Hall–Kier alpha value is -1.96. The molecule has 2 N–H and O–H groups in total. The zero-order valence-corrected chi connectivity index (χ0v) is 15.1. The molecule has 2 unspecified atom stereocenters. The number of hydrogen-bond donors (Lipinski definition) is 2. The number of carbonyl (C=O) groups excluding carboxylic acids is 1. The summed E-state index contributed by atoms with van der Waals surface area (Å²) in [5, 5.41) is 14.0. The quantitative estimate of drug-likeness (QED) is 0.825. The van der Waals surface area contributed by atoms with Crippen LogP contribution in [0.3, 0.4) is 0 Å². The zero-order chi connectivity index (χ0) is 17.8. The third kappa shape index (κ3) is 4.18. The fourth-order valence-electron chi connectivity index (χ4n) is 2.77. The van der Waals surface area contributed by atoms with E-state index >= 15 is 0 Å². The molecule has 6 nitrogen and oxygen atoms in total. The fraction of sp³-hybridized carbons (Fsp3) is 0.444. The van der Waals surface area contributed by atoms with Crippen molar-refractivity contribution in [2.75, 3.05) is 26.9 Å². The minimum Gasteiger partial charge on any atom is -0.497 e. The second-order valence-electron chi connectivity index (χ2n) is 6.03. The standard InChI is InChI=1S/C18H22N2O4S/c1-11-16(25-18(20-11)13-6-7-24-10-13)17(22)19-9-15(21)12-4-3-5-14(8-12)23-2/h3-5,8,13,15,21H,6-7,9-10H2,1-2H3,(H,19,22). The van der Waals surface area contributed by atoms with E-state index in [1.807, 2.05) is 19.1 Å². The number of thiazole rings is 1. The van der Waals surface area contributed by atoms with E-state index in [2.05, 4.69) is 10.3 Å². The summed E-state index contributed by atoms with van der Waals surface area (Å²) in [5.74, 6) is 0.749. The summed E-state index contributed by atoms with van der Waals surface area (Å²) in [6.07, 6.45) is 0.151. The van der Waals surface area contributed by atoms with Crippen LogP contribution in [0.1, 0.15) is 44.4 Å². The molecule has 1 saturated heterocycles. The van der Waals surface area contributed by atoms with Gasteiger partial charge in [-0.15, -0.1) is 11.3 Å². The first-order valence-corrected chi connectivity index (χ1v) is 9.05. The molecule has 25 heavy (non-hydrogen) atoms. The number of aryl methyl sites for hydroxylation is 1. The molecule has 1 aliphatic heterocycles. The molecule has 1 amide bonds. The second-order valence-corrected chi connectivity index (χ2v) is 7.06. The molecule has 1 fully saturated rings. The molecule has 7 heteroatoms. The highest BCUT2D eigenvalue weighted by atomic mass is 32.1. The Morgan fingerprint density at radius 1 is 1.56 bits per heavy atom. The van der Waals surface area contributed by atoms with Crippen molar-refractivity contribution < 1.29 is 19.4 Å². The monoisotopic (exact) mass is 362 g/mol. The van der Waals surface area contributed by atoms with Crippen LogP contribution in [0.15, 0.2) is 24.3 Å². The molecule has 0 aliphatic carbocycles. The number of aromatic nitrogens is 1. The molecule has 134 valence electrons. The number of amides is 1. The van der Waals surface area contributed by atoms with Gasteiger partial charge in [-0.2, -0.15) is 0 Å². The Balaban J connectivity index is 1.62. The highest BCUT2D eigenvalue weighted by Crippen LogP contribution is 2.30. The largest absolute Gasteiger partial charge is 0.497 e. The zero-order valence-electron chi connectivity index (χ0n) is 14.3. The van der Waals surface area contributed by atoms with E-state index in [9.17, 15) is 9.90 Å². The maximum Gasteiger partial charge on any atom is 0.263 e. The van der Waals surface area contributed by atoms with Crippen LogP contribution in [-0.4, -0.2) is 42.9 Å². The van der Waals surface area contributed by atoms with Crippen molar-refractivity contribution in [3.8, 4) is 5.75 Å². The maximum atomic E-state index is 12.4. The van der Waals surface area contributed by atoms with E-state index in [0.717, 1.165) is 23.7 Å². The third-order valence-electron chi connectivity index (χ3n) is 4.23. The molecule has 2 aromatic rings. The van der Waals surface area contributed by atoms with Crippen LogP contribution in [-0.2, 0) is 4.74 Å². The number of carbonyl (C=O) groups is 1. The molecule has 2 heterocycles. The van der Waals surface area contributed by atoms with Gasteiger partial charge < -0.3 is 19.9 Å². The maximum absolute atomic E-state index is 12.4. The molecule has 2 atom stereocenters. The van der Waals surface area contributed by atoms with E-state index in [-0.39, 0.29) is 18.4 Å². The number of ether oxygens (including phenoxy) is 2. The van der Waals surface area contributed by atoms with Gasteiger partial charge in [0.25, 0.3) is 5.91 Å². The molecule has 0 bridgehead atoms. The Morgan fingerprint density at radius 2 is 2.40 bits per heavy atom. The Bertz CT molecular complexity index is 740. The number of methoxy groups -OCH3 is 1. The van der Waals surface area contributed by atoms with E-state index in [0.29, 0.717) is 22.8 Å². The van der Waals surface area contributed by atoms with Gasteiger partial charge >= 0.3 is 0 Å². The van der Waals surface area contributed by atoms with Gasteiger partial charge in [0.2, 0.25) is 0 Å². The molecule has 0 saturated carbocycles. The van der Waals surface area contributed by atoms with Gasteiger partial charge in [-0.3, -0.25) is 4.79 Å². The summed E-state index contributed by atoms with van der Waals surface area (Å²) in [6, 6.07) is 7.18. The van der Waals surface area contributed by atoms with Crippen LogP contribution in [0.25, 0.3) is 0 Å². The summed E-state index contributed by atoms with van der Waals surface area (Å²) in [4.78, 5) is 17.6. The SMILES string of the molecule is COc1cccc(C(O)CNC(=O)c2sc(C3CCOC3)nc2C)c1. The first-order chi connectivity index (χ1) is 12.1. The Morgan fingerprint density at radius 3 is 3.12 bits per heavy atom. The summed E-state index contributed by atoms with van der Waals surface area (Å²) < 4.78 is 10.5. The van der Waals surface area contributed by atoms with Gasteiger partial charge in [-0.25, -0.2) is 4.98 Å². The smallest absolute Gasteiger partial charge is 0.263 e. The normalized spacial score (nSPS) is 18.1. The van der Waals surface area contributed by atoms with Crippen LogP contribution in [0.5, 0.6) is 5.75 Å².